The number of carbonyl (C=O) groups excluding carboxylic acids is 1. The summed E-state index contributed by atoms with van der Waals surface area (Å²) in [7, 11) is 0. The zero-order valence-electron chi connectivity index (χ0n) is 11.6. The van der Waals surface area contributed by atoms with Crippen LogP contribution in [-0.4, -0.2) is 41.9 Å². The number of ether oxygens (including phenoxy) is 1. The summed E-state index contributed by atoms with van der Waals surface area (Å²) in [6.07, 6.45) is 1.11. The van der Waals surface area contributed by atoms with Crippen molar-refractivity contribution in [3.8, 4) is 0 Å². The van der Waals surface area contributed by atoms with Crippen molar-refractivity contribution >= 4 is 12.0 Å². The maximum absolute atomic E-state index is 11.5. The Kier molecular flexibility index (Phi) is 7.35. The SMILES string of the molecule is CCCC(NC(=O)NCC(C)(C)OCC)C(=O)O. The second-order valence-corrected chi connectivity index (χ2v) is 4.70. The lowest BCUT2D eigenvalue weighted by Crippen LogP contribution is -2.49. The van der Waals surface area contributed by atoms with Crippen LogP contribution in [0.3, 0.4) is 0 Å². The highest BCUT2D eigenvalue weighted by Gasteiger charge is 2.21. The molecule has 0 fully saturated rings. The van der Waals surface area contributed by atoms with E-state index < -0.39 is 23.6 Å². The van der Waals surface area contributed by atoms with Gasteiger partial charge in [0.15, 0.2) is 0 Å². The standard InChI is InChI=1S/C12H24N2O4/c1-5-7-9(10(15)16)14-11(17)13-8-12(3,4)18-6-2/h9H,5-8H2,1-4H3,(H,15,16)(H2,13,14,17). The summed E-state index contributed by atoms with van der Waals surface area (Å²) in [5.41, 5.74) is -0.463. The van der Waals surface area contributed by atoms with Gasteiger partial charge in [-0.25, -0.2) is 9.59 Å². The Morgan fingerprint density at radius 2 is 1.94 bits per heavy atom. The van der Waals surface area contributed by atoms with Gasteiger partial charge in [-0.05, 0) is 27.2 Å². The minimum atomic E-state index is -1.02. The van der Waals surface area contributed by atoms with Crippen LogP contribution >= 0.6 is 0 Å². The van der Waals surface area contributed by atoms with E-state index in [0.717, 1.165) is 0 Å². The highest BCUT2D eigenvalue weighted by atomic mass is 16.5. The molecule has 0 aliphatic rings. The van der Waals surface area contributed by atoms with Gasteiger partial charge in [0.25, 0.3) is 0 Å². The normalized spacial score (nSPS) is 12.9. The lowest BCUT2D eigenvalue weighted by Gasteiger charge is -2.25. The number of carbonyl (C=O) groups is 2. The first-order valence-corrected chi connectivity index (χ1v) is 6.23. The lowest BCUT2D eigenvalue weighted by atomic mass is 10.1. The molecule has 2 amide bonds. The van der Waals surface area contributed by atoms with E-state index in [2.05, 4.69) is 10.6 Å². The van der Waals surface area contributed by atoms with Crippen LogP contribution in [0.5, 0.6) is 0 Å². The van der Waals surface area contributed by atoms with Crippen LogP contribution in [0.2, 0.25) is 0 Å². The number of hydrogen-bond donors (Lipinski definition) is 3. The van der Waals surface area contributed by atoms with Crippen molar-refractivity contribution in [1.82, 2.24) is 10.6 Å². The molecule has 6 heteroatoms. The topological polar surface area (TPSA) is 87.7 Å². The third-order valence-electron chi connectivity index (χ3n) is 2.39. The van der Waals surface area contributed by atoms with E-state index in [9.17, 15) is 9.59 Å². The molecule has 3 N–H and O–H groups in total. The van der Waals surface area contributed by atoms with Gasteiger partial charge in [0.1, 0.15) is 6.04 Å². The smallest absolute Gasteiger partial charge is 0.326 e. The fourth-order valence-corrected chi connectivity index (χ4v) is 1.49. The number of carboxylic acids is 1. The molecule has 1 atom stereocenters. The maximum atomic E-state index is 11.5. The molecule has 0 aliphatic carbocycles. The van der Waals surface area contributed by atoms with Crippen LogP contribution in [0.4, 0.5) is 4.79 Å². The summed E-state index contributed by atoms with van der Waals surface area (Å²) in [6.45, 7) is 8.35. The van der Waals surface area contributed by atoms with Gasteiger partial charge in [-0.2, -0.15) is 0 Å². The number of urea groups is 1. The third-order valence-corrected chi connectivity index (χ3v) is 2.39. The number of carboxylic acid groups (broad SMARTS) is 1. The Bertz CT molecular complexity index is 279. The van der Waals surface area contributed by atoms with Crippen molar-refractivity contribution in [3.63, 3.8) is 0 Å². The Balaban J connectivity index is 4.13. The second kappa shape index (κ2) is 7.92. The van der Waals surface area contributed by atoms with Gasteiger partial charge < -0.3 is 20.5 Å². The zero-order chi connectivity index (χ0) is 14.2. The molecule has 0 radical (unpaired) electrons. The van der Waals surface area contributed by atoms with Gasteiger partial charge in [0.05, 0.1) is 5.60 Å². The molecule has 0 aromatic rings. The summed E-state index contributed by atoms with van der Waals surface area (Å²) < 4.78 is 5.42. The van der Waals surface area contributed by atoms with Crippen molar-refractivity contribution in [2.24, 2.45) is 0 Å². The van der Waals surface area contributed by atoms with E-state index in [1.807, 2.05) is 27.7 Å². The summed E-state index contributed by atoms with van der Waals surface area (Å²) in [4.78, 5) is 22.4. The van der Waals surface area contributed by atoms with Gasteiger partial charge in [-0.15, -0.1) is 0 Å². The Hall–Kier alpha value is -1.30. The number of nitrogens with one attached hydrogen (secondary N) is 2. The molecular weight excluding hydrogens is 236 g/mol. The van der Waals surface area contributed by atoms with Crippen LogP contribution in [-0.2, 0) is 9.53 Å². The van der Waals surface area contributed by atoms with E-state index in [4.69, 9.17) is 9.84 Å². The van der Waals surface area contributed by atoms with Gasteiger partial charge in [0.2, 0.25) is 0 Å². The average molecular weight is 260 g/mol. The largest absolute Gasteiger partial charge is 0.480 e. The molecule has 6 nitrogen and oxygen atoms in total. The quantitative estimate of drug-likeness (QED) is 0.615. The molecule has 0 bridgehead atoms. The minimum absolute atomic E-state index is 0.325. The molecule has 0 rings (SSSR count). The molecule has 0 heterocycles. The van der Waals surface area contributed by atoms with Crippen LogP contribution in [0.1, 0.15) is 40.5 Å². The van der Waals surface area contributed by atoms with E-state index >= 15 is 0 Å². The number of rotatable bonds is 8. The molecule has 1 unspecified atom stereocenters. The van der Waals surface area contributed by atoms with E-state index in [1.54, 1.807) is 0 Å². The molecule has 106 valence electrons. The summed E-state index contributed by atoms with van der Waals surface area (Å²) >= 11 is 0. The predicted molar refractivity (Wildman–Crippen MR) is 68.6 cm³/mol. The fourth-order valence-electron chi connectivity index (χ4n) is 1.49. The van der Waals surface area contributed by atoms with Gasteiger partial charge >= 0.3 is 12.0 Å². The highest BCUT2D eigenvalue weighted by Crippen LogP contribution is 2.06. The second-order valence-electron chi connectivity index (χ2n) is 4.70. The van der Waals surface area contributed by atoms with E-state index in [0.29, 0.717) is 26.0 Å². The van der Waals surface area contributed by atoms with Crippen LogP contribution in [0, 0.1) is 0 Å². The van der Waals surface area contributed by atoms with Crippen molar-refractivity contribution in [2.75, 3.05) is 13.2 Å². The van der Waals surface area contributed by atoms with Crippen molar-refractivity contribution in [2.45, 2.75) is 52.2 Å². The monoisotopic (exact) mass is 260 g/mol. The van der Waals surface area contributed by atoms with Crippen molar-refractivity contribution < 1.29 is 19.4 Å². The third kappa shape index (κ3) is 7.11. The molecule has 0 saturated heterocycles. The molecule has 0 aromatic heterocycles. The van der Waals surface area contributed by atoms with Crippen LogP contribution in [0.15, 0.2) is 0 Å². The maximum Gasteiger partial charge on any atom is 0.326 e. The molecule has 0 aliphatic heterocycles. The Morgan fingerprint density at radius 1 is 1.33 bits per heavy atom. The first-order valence-electron chi connectivity index (χ1n) is 6.23. The van der Waals surface area contributed by atoms with E-state index in [-0.39, 0.29) is 0 Å². The van der Waals surface area contributed by atoms with Crippen LogP contribution in [0.25, 0.3) is 0 Å². The molecular formula is C12H24N2O4. The van der Waals surface area contributed by atoms with Gasteiger partial charge in [0, 0.05) is 13.2 Å². The van der Waals surface area contributed by atoms with Crippen molar-refractivity contribution in [3.05, 3.63) is 0 Å². The zero-order valence-corrected chi connectivity index (χ0v) is 11.6. The molecule has 0 aromatic carbocycles. The summed E-state index contributed by atoms with van der Waals surface area (Å²) in [5.74, 6) is -1.02. The number of amides is 2. The van der Waals surface area contributed by atoms with Gasteiger partial charge in [-0.3, -0.25) is 0 Å². The fraction of sp³-hybridized carbons (Fsp3) is 0.833. The molecule has 0 spiro atoms. The Morgan fingerprint density at radius 3 is 2.39 bits per heavy atom. The van der Waals surface area contributed by atoms with Gasteiger partial charge in [-0.1, -0.05) is 13.3 Å². The molecule has 0 saturated carbocycles. The summed E-state index contributed by atoms with van der Waals surface area (Å²) in [5, 5.41) is 13.9. The lowest BCUT2D eigenvalue weighted by molar-refractivity contribution is -0.139. The van der Waals surface area contributed by atoms with Crippen molar-refractivity contribution in [1.29, 1.82) is 0 Å². The predicted octanol–water partition coefficient (Wildman–Crippen LogP) is 1.35. The number of aliphatic carboxylic acids is 1. The number of hydrogen-bond acceptors (Lipinski definition) is 3. The average Bonchev–Trinajstić information content (AvgIpc) is 2.26. The summed E-state index contributed by atoms with van der Waals surface area (Å²) in [6, 6.07) is -1.33. The highest BCUT2D eigenvalue weighted by molar-refractivity contribution is 5.82. The minimum Gasteiger partial charge on any atom is -0.480 e. The Labute approximate surface area is 108 Å². The van der Waals surface area contributed by atoms with Crippen LogP contribution < -0.4 is 10.6 Å². The first kappa shape index (κ1) is 16.7. The van der Waals surface area contributed by atoms with E-state index in [1.165, 1.54) is 0 Å². The molecule has 18 heavy (non-hydrogen) atoms. The first-order chi connectivity index (χ1) is 8.32.